The van der Waals surface area contributed by atoms with Gasteiger partial charge in [-0.15, -0.1) is 0 Å². The number of anilines is 1. The molecule has 0 saturated carbocycles. The molecule has 158 valence electrons. The number of aryl methyl sites for hydroxylation is 1. The van der Waals surface area contributed by atoms with E-state index in [0.29, 0.717) is 0 Å². The van der Waals surface area contributed by atoms with Crippen LogP contribution in [0.4, 0.5) is 5.13 Å². The first kappa shape index (κ1) is 20.6. The number of hydrogen-bond donors (Lipinski definition) is 2. The van der Waals surface area contributed by atoms with Crippen LogP contribution in [0.5, 0.6) is 0 Å². The number of rotatable bonds is 7. The highest BCUT2D eigenvalue weighted by molar-refractivity contribution is 7.22. The molecule has 0 unspecified atom stereocenters. The molecular weight excluding hydrogens is 398 g/mol. The Labute approximate surface area is 180 Å². The normalized spacial score (nSPS) is 17.6. The number of ether oxygens (including phenoxy) is 1. The van der Waals surface area contributed by atoms with Crippen molar-refractivity contribution in [1.29, 1.82) is 0 Å². The molecule has 1 aliphatic rings. The van der Waals surface area contributed by atoms with E-state index in [0.717, 1.165) is 52.6 Å². The quantitative estimate of drug-likeness (QED) is 0.445. The topological polar surface area (TPSA) is 80.5 Å². The highest BCUT2D eigenvalue weighted by Gasteiger charge is 2.19. The average molecular weight is 426 g/mol. The zero-order valence-electron chi connectivity index (χ0n) is 17.5. The van der Waals surface area contributed by atoms with Crippen LogP contribution in [0.2, 0.25) is 0 Å². The molecule has 2 aromatic heterocycles. The summed E-state index contributed by atoms with van der Waals surface area (Å²) in [7, 11) is 0. The lowest BCUT2D eigenvalue weighted by Gasteiger charge is -2.14. The number of fused-ring (bicyclic) bond motifs is 1. The average Bonchev–Trinajstić information content (AvgIpc) is 3.44. The number of nitrogens with zero attached hydrogens (tertiary/aromatic N) is 3. The SMILES string of the molecule is Cc1cc(/C=N\NC(=O)[C@H](C)Nc2nc3ccccc3s2)c(C)n1C[C@H]1CCCO1. The summed E-state index contributed by atoms with van der Waals surface area (Å²) >= 11 is 1.53. The fraction of sp³-hybridized carbons (Fsp3) is 0.409. The predicted octanol–water partition coefficient (Wildman–Crippen LogP) is 3.84. The van der Waals surface area contributed by atoms with Crippen LogP contribution < -0.4 is 10.7 Å². The van der Waals surface area contributed by atoms with Crippen molar-refractivity contribution in [1.82, 2.24) is 15.0 Å². The van der Waals surface area contributed by atoms with Gasteiger partial charge in [0.2, 0.25) is 0 Å². The summed E-state index contributed by atoms with van der Waals surface area (Å²) in [4.78, 5) is 16.9. The van der Waals surface area contributed by atoms with Gasteiger partial charge in [0.15, 0.2) is 5.13 Å². The van der Waals surface area contributed by atoms with Crippen LogP contribution in [-0.4, -0.2) is 40.4 Å². The number of carbonyl (C=O) groups excluding carboxylic acids is 1. The van der Waals surface area contributed by atoms with Crippen LogP contribution in [0.1, 0.15) is 36.7 Å². The summed E-state index contributed by atoms with van der Waals surface area (Å²) in [5.41, 5.74) is 6.84. The number of benzene rings is 1. The molecule has 0 spiro atoms. The van der Waals surface area contributed by atoms with Crippen molar-refractivity contribution >= 4 is 38.8 Å². The molecule has 3 heterocycles. The molecule has 4 rings (SSSR count). The fourth-order valence-electron chi connectivity index (χ4n) is 3.68. The second-order valence-corrected chi connectivity index (χ2v) is 8.69. The third-order valence-electron chi connectivity index (χ3n) is 5.43. The van der Waals surface area contributed by atoms with E-state index >= 15 is 0 Å². The Bertz CT molecular complexity index is 1030. The minimum atomic E-state index is -0.449. The van der Waals surface area contributed by atoms with Crippen LogP contribution >= 0.6 is 11.3 Å². The number of para-hydroxylation sites is 1. The molecule has 30 heavy (non-hydrogen) atoms. The van der Waals surface area contributed by atoms with E-state index < -0.39 is 6.04 Å². The van der Waals surface area contributed by atoms with E-state index in [-0.39, 0.29) is 12.0 Å². The largest absolute Gasteiger partial charge is 0.376 e. The van der Waals surface area contributed by atoms with Gasteiger partial charge in [0.1, 0.15) is 6.04 Å². The van der Waals surface area contributed by atoms with Crippen molar-refractivity contribution in [2.45, 2.75) is 52.3 Å². The van der Waals surface area contributed by atoms with Gasteiger partial charge in [-0.05, 0) is 51.8 Å². The third kappa shape index (κ3) is 4.55. The van der Waals surface area contributed by atoms with Gasteiger partial charge in [-0.2, -0.15) is 5.10 Å². The Morgan fingerprint density at radius 2 is 2.27 bits per heavy atom. The maximum atomic E-state index is 12.4. The molecule has 1 saturated heterocycles. The molecule has 1 aromatic carbocycles. The maximum absolute atomic E-state index is 12.4. The number of hydrazone groups is 1. The van der Waals surface area contributed by atoms with Crippen molar-refractivity contribution in [3.63, 3.8) is 0 Å². The number of hydrogen-bond acceptors (Lipinski definition) is 6. The monoisotopic (exact) mass is 425 g/mol. The molecular formula is C22H27N5O2S. The number of aromatic nitrogens is 2. The zero-order chi connectivity index (χ0) is 21.1. The molecule has 3 aromatic rings. The number of nitrogens with one attached hydrogen (secondary N) is 2. The van der Waals surface area contributed by atoms with Crippen LogP contribution in [0, 0.1) is 13.8 Å². The van der Waals surface area contributed by atoms with Crippen molar-refractivity contribution in [3.05, 3.63) is 47.3 Å². The summed E-state index contributed by atoms with van der Waals surface area (Å²) in [6, 6.07) is 9.54. The Hall–Kier alpha value is -2.71. The van der Waals surface area contributed by atoms with Gasteiger partial charge < -0.3 is 14.6 Å². The van der Waals surface area contributed by atoms with E-state index in [4.69, 9.17) is 4.74 Å². The Kier molecular flexibility index (Phi) is 6.15. The minimum Gasteiger partial charge on any atom is -0.376 e. The number of thiazole rings is 1. The lowest BCUT2D eigenvalue weighted by molar-refractivity contribution is -0.121. The Morgan fingerprint density at radius 1 is 1.43 bits per heavy atom. The Morgan fingerprint density at radius 3 is 3.03 bits per heavy atom. The second-order valence-electron chi connectivity index (χ2n) is 7.66. The summed E-state index contributed by atoms with van der Waals surface area (Å²) in [6.07, 6.45) is 4.23. The number of amides is 1. The molecule has 1 fully saturated rings. The highest BCUT2D eigenvalue weighted by atomic mass is 32.1. The fourth-order valence-corrected chi connectivity index (χ4v) is 4.63. The van der Waals surface area contributed by atoms with Gasteiger partial charge in [-0.1, -0.05) is 23.5 Å². The summed E-state index contributed by atoms with van der Waals surface area (Å²) in [5.74, 6) is -0.210. The highest BCUT2D eigenvalue weighted by Crippen LogP contribution is 2.25. The number of carbonyl (C=O) groups is 1. The van der Waals surface area contributed by atoms with E-state index in [9.17, 15) is 4.79 Å². The first-order valence-corrected chi connectivity index (χ1v) is 11.1. The van der Waals surface area contributed by atoms with Gasteiger partial charge >= 0.3 is 0 Å². The molecule has 2 N–H and O–H groups in total. The smallest absolute Gasteiger partial charge is 0.262 e. The van der Waals surface area contributed by atoms with Crippen molar-refractivity contribution in [3.8, 4) is 0 Å². The van der Waals surface area contributed by atoms with E-state index in [1.807, 2.05) is 24.3 Å². The van der Waals surface area contributed by atoms with Gasteiger partial charge in [0, 0.05) is 30.1 Å². The lowest BCUT2D eigenvalue weighted by atomic mass is 10.2. The van der Waals surface area contributed by atoms with Crippen molar-refractivity contribution in [2.24, 2.45) is 5.10 Å². The minimum absolute atomic E-state index is 0.210. The molecule has 2 atom stereocenters. The summed E-state index contributed by atoms with van der Waals surface area (Å²) in [5, 5.41) is 8.04. The zero-order valence-corrected chi connectivity index (χ0v) is 18.3. The summed E-state index contributed by atoms with van der Waals surface area (Å²) < 4.78 is 9.11. The second kappa shape index (κ2) is 8.97. The van der Waals surface area contributed by atoms with Gasteiger partial charge in [0.05, 0.1) is 22.5 Å². The maximum Gasteiger partial charge on any atom is 0.262 e. The third-order valence-corrected chi connectivity index (χ3v) is 6.40. The van der Waals surface area contributed by atoms with E-state index in [1.165, 1.54) is 17.0 Å². The molecule has 7 nitrogen and oxygen atoms in total. The van der Waals surface area contributed by atoms with Crippen LogP contribution in [0.3, 0.4) is 0 Å². The molecule has 1 aliphatic heterocycles. The van der Waals surface area contributed by atoms with Crippen LogP contribution in [0.15, 0.2) is 35.4 Å². The van der Waals surface area contributed by atoms with E-state index in [2.05, 4.69) is 45.3 Å². The van der Waals surface area contributed by atoms with Crippen molar-refractivity contribution in [2.75, 3.05) is 11.9 Å². The lowest BCUT2D eigenvalue weighted by Crippen LogP contribution is -2.34. The predicted molar refractivity (Wildman–Crippen MR) is 121 cm³/mol. The first-order valence-electron chi connectivity index (χ1n) is 10.2. The van der Waals surface area contributed by atoms with Gasteiger partial charge in [-0.25, -0.2) is 10.4 Å². The van der Waals surface area contributed by atoms with Crippen LogP contribution in [0.25, 0.3) is 10.2 Å². The van der Waals surface area contributed by atoms with Crippen molar-refractivity contribution < 1.29 is 9.53 Å². The first-order chi connectivity index (χ1) is 14.5. The van der Waals surface area contributed by atoms with Gasteiger partial charge in [-0.3, -0.25) is 4.79 Å². The Balaban J connectivity index is 1.34. The van der Waals surface area contributed by atoms with E-state index in [1.54, 1.807) is 13.1 Å². The molecule has 8 heteroatoms. The molecule has 0 aliphatic carbocycles. The standard InChI is InChI=1S/C22H27N5O2S/c1-14-11-17(16(3)27(14)13-18-7-6-10-29-18)12-23-26-21(28)15(2)24-22-25-19-8-4-5-9-20(19)30-22/h4-5,8-9,11-12,15,18H,6-7,10,13H2,1-3H3,(H,24,25)(H,26,28)/b23-12-/t15-,18+/m0/s1. The molecule has 1 amide bonds. The molecule has 0 bridgehead atoms. The van der Waals surface area contributed by atoms with Gasteiger partial charge in [0.25, 0.3) is 5.91 Å². The molecule has 0 radical (unpaired) electrons. The summed E-state index contributed by atoms with van der Waals surface area (Å²) in [6.45, 7) is 7.67. The van der Waals surface area contributed by atoms with Crippen LogP contribution in [-0.2, 0) is 16.1 Å².